The number of hydrogen-bond donors (Lipinski definition) is 1. The summed E-state index contributed by atoms with van der Waals surface area (Å²) in [5, 5.41) is 3.23. The zero-order chi connectivity index (χ0) is 27.0. The number of hydrogen-bond acceptors (Lipinski definition) is 5. The zero-order valence-corrected chi connectivity index (χ0v) is 23.0. The van der Waals surface area contributed by atoms with Crippen LogP contribution in [0.2, 0.25) is 10.0 Å². The molecule has 3 aliphatic rings. The number of nitrogens with zero attached hydrogens (tertiary/aromatic N) is 1. The van der Waals surface area contributed by atoms with Gasteiger partial charge in [-0.15, -0.1) is 0 Å². The van der Waals surface area contributed by atoms with Gasteiger partial charge >= 0.3 is 0 Å². The fraction of sp³-hybridized carbons (Fsp3) is 0.367. The van der Waals surface area contributed by atoms with Gasteiger partial charge in [0.2, 0.25) is 0 Å². The summed E-state index contributed by atoms with van der Waals surface area (Å²) in [4.78, 5) is 41.2. The van der Waals surface area contributed by atoms with E-state index in [0.717, 1.165) is 42.6 Å². The van der Waals surface area contributed by atoms with Crippen molar-refractivity contribution in [2.75, 3.05) is 18.5 Å². The number of benzene rings is 2. The molecule has 0 saturated carbocycles. The lowest BCUT2D eigenvalue weighted by atomic mass is 9.71. The molecule has 38 heavy (non-hydrogen) atoms. The molecule has 2 aromatic rings. The molecule has 1 amide bonds. The number of allylic oxidation sites excluding steroid dienone is 4. The normalized spacial score (nSPS) is 17.9. The molecule has 0 saturated heterocycles. The smallest absolute Gasteiger partial charge is 0.262 e. The van der Waals surface area contributed by atoms with Gasteiger partial charge in [-0.1, -0.05) is 40.9 Å². The van der Waals surface area contributed by atoms with Crippen molar-refractivity contribution in [1.82, 2.24) is 4.90 Å². The molecule has 0 aromatic heterocycles. The number of halogens is 2. The van der Waals surface area contributed by atoms with Crippen molar-refractivity contribution in [3.63, 3.8) is 0 Å². The van der Waals surface area contributed by atoms with Crippen LogP contribution >= 0.6 is 23.2 Å². The molecule has 2 aromatic carbocycles. The number of carbonyl (C=O) groups excluding carboxylic acids is 3. The van der Waals surface area contributed by atoms with E-state index in [2.05, 4.69) is 17.1 Å². The number of Topliss-reactive ketones (excluding diaryl/α,β-unsaturated/α-hetero) is 2. The number of anilines is 1. The molecule has 198 valence electrons. The fourth-order valence-corrected chi connectivity index (χ4v) is 6.40. The molecule has 1 heterocycles. The Kier molecular flexibility index (Phi) is 7.64. The molecule has 0 radical (unpaired) electrons. The highest BCUT2D eigenvalue weighted by Gasteiger charge is 2.43. The highest BCUT2D eigenvalue weighted by Crippen LogP contribution is 2.50. The summed E-state index contributed by atoms with van der Waals surface area (Å²) in [6.07, 6.45) is 4.13. The van der Waals surface area contributed by atoms with Crippen molar-refractivity contribution < 1.29 is 19.1 Å². The SMILES string of the molecule is CCN1C2=C(C(=O)CCC2)C(c2cc(Cl)c(OCC(=O)Nc3ccc(C)cc3)c(Cl)c2)C2=C1CCCC2=O. The number of ether oxygens (including phenoxy) is 1. The van der Waals surface area contributed by atoms with Crippen molar-refractivity contribution in [2.24, 2.45) is 0 Å². The fourth-order valence-electron chi connectivity index (χ4n) is 5.79. The Hall–Kier alpha value is -3.09. The van der Waals surface area contributed by atoms with Crippen LogP contribution < -0.4 is 10.1 Å². The molecule has 1 aliphatic heterocycles. The van der Waals surface area contributed by atoms with Gasteiger partial charge < -0.3 is 15.0 Å². The van der Waals surface area contributed by atoms with Gasteiger partial charge in [0.25, 0.3) is 5.91 Å². The van der Waals surface area contributed by atoms with Crippen LogP contribution in [0.15, 0.2) is 58.9 Å². The minimum Gasteiger partial charge on any atom is -0.481 e. The van der Waals surface area contributed by atoms with Gasteiger partial charge in [-0.2, -0.15) is 0 Å². The molecule has 0 spiro atoms. The average molecular weight is 553 g/mol. The second-order valence-electron chi connectivity index (χ2n) is 9.97. The molecule has 0 fully saturated rings. The predicted octanol–water partition coefficient (Wildman–Crippen LogP) is 6.75. The lowest BCUT2D eigenvalue weighted by Crippen LogP contribution is -2.39. The molecular formula is C30H30Cl2N2O4. The first-order valence-corrected chi connectivity index (χ1v) is 13.8. The van der Waals surface area contributed by atoms with Crippen LogP contribution in [0.1, 0.15) is 62.5 Å². The van der Waals surface area contributed by atoms with E-state index in [1.807, 2.05) is 31.2 Å². The van der Waals surface area contributed by atoms with E-state index in [1.54, 1.807) is 12.1 Å². The molecular weight excluding hydrogens is 523 g/mol. The highest BCUT2D eigenvalue weighted by molar-refractivity contribution is 6.37. The summed E-state index contributed by atoms with van der Waals surface area (Å²) in [5.74, 6) is -0.519. The molecule has 0 unspecified atom stereocenters. The highest BCUT2D eigenvalue weighted by atomic mass is 35.5. The number of aryl methyl sites for hydroxylation is 1. The maximum Gasteiger partial charge on any atom is 0.262 e. The van der Waals surface area contributed by atoms with E-state index in [0.29, 0.717) is 41.8 Å². The van der Waals surface area contributed by atoms with Crippen LogP contribution in [0.25, 0.3) is 0 Å². The van der Waals surface area contributed by atoms with E-state index in [4.69, 9.17) is 27.9 Å². The summed E-state index contributed by atoms with van der Waals surface area (Å²) in [6.45, 7) is 4.47. The second kappa shape index (κ2) is 11.0. The quantitative estimate of drug-likeness (QED) is 0.428. The van der Waals surface area contributed by atoms with Gasteiger partial charge in [0.05, 0.1) is 10.0 Å². The van der Waals surface area contributed by atoms with Crippen LogP contribution in [-0.2, 0) is 14.4 Å². The van der Waals surface area contributed by atoms with E-state index in [-0.39, 0.29) is 39.9 Å². The first-order valence-electron chi connectivity index (χ1n) is 13.1. The molecule has 8 heteroatoms. The van der Waals surface area contributed by atoms with E-state index < -0.39 is 5.92 Å². The molecule has 2 aliphatic carbocycles. The third kappa shape index (κ3) is 4.99. The van der Waals surface area contributed by atoms with Gasteiger partial charge in [-0.05, 0) is 69.4 Å². The number of rotatable bonds is 6. The monoisotopic (exact) mass is 552 g/mol. The van der Waals surface area contributed by atoms with Gasteiger partial charge in [0.1, 0.15) is 0 Å². The maximum atomic E-state index is 13.3. The summed E-state index contributed by atoms with van der Waals surface area (Å²) in [6, 6.07) is 10.9. The number of amides is 1. The Labute approximate surface area is 232 Å². The summed E-state index contributed by atoms with van der Waals surface area (Å²) >= 11 is 13.3. The van der Waals surface area contributed by atoms with Crippen molar-refractivity contribution in [3.05, 3.63) is 80.1 Å². The van der Waals surface area contributed by atoms with Crippen molar-refractivity contribution >= 4 is 46.4 Å². The van der Waals surface area contributed by atoms with Crippen molar-refractivity contribution in [3.8, 4) is 5.75 Å². The zero-order valence-electron chi connectivity index (χ0n) is 21.5. The second-order valence-corrected chi connectivity index (χ2v) is 10.8. The van der Waals surface area contributed by atoms with Gasteiger partial charge in [-0.3, -0.25) is 14.4 Å². The van der Waals surface area contributed by atoms with Crippen molar-refractivity contribution in [1.29, 1.82) is 0 Å². The van der Waals surface area contributed by atoms with E-state index in [9.17, 15) is 14.4 Å². The third-order valence-electron chi connectivity index (χ3n) is 7.44. The Morgan fingerprint density at radius 2 is 1.50 bits per heavy atom. The Balaban J connectivity index is 1.46. The number of nitrogens with one attached hydrogen (secondary N) is 1. The van der Waals surface area contributed by atoms with Gasteiger partial charge in [0, 0.05) is 53.5 Å². The predicted molar refractivity (Wildman–Crippen MR) is 149 cm³/mol. The van der Waals surface area contributed by atoms with Gasteiger partial charge in [0.15, 0.2) is 23.9 Å². The minimum atomic E-state index is -0.503. The van der Waals surface area contributed by atoms with Crippen LogP contribution in [0.5, 0.6) is 5.75 Å². The number of carbonyl (C=O) groups is 3. The van der Waals surface area contributed by atoms with Crippen molar-refractivity contribution in [2.45, 2.75) is 58.3 Å². The summed E-state index contributed by atoms with van der Waals surface area (Å²) in [5.41, 5.74) is 5.85. The molecule has 0 bridgehead atoms. The molecule has 6 nitrogen and oxygen atoms in total. The first-order chi connectivity index (χ1) is 18.3. The molecule has 0 atom stereocenters. The van der Waals surface area contributed by atoms with Crippen LogP contribution in [0.4, 0.5) is 5.69 Å². The lowest BCUT2D eigenvalue weighted by Gasteiger charge is -2.43. The van der Waals surface area contributed by atoms with Gasteiger partial charge in [-0.25, -0.2) is 0 Å². The summed E-state index contributed by atoms with van der Waals surface area (Å²) in [7, 11) is 0. The third-order valence-corrected chi connectivity index (χ3v) is 8.00. The maximum absolute atomic E-state index is 13.3. The first kappa shape index (κ1) is 26.5. The minimum absolute atomic E-state index is 0.0694. The van der Waals surface area contributed by atoms with Crippen LogP contribution in [0.3, 0.4) is 0 Å². The Morgan fingerprint density at radius 3 is 2.03 bits per heavy atom. The van der Waals surface area contributed by atoms with Crippen LogP contribution in [-0.4, -0.2) is 35.5 Å². The number of ketones is 2. The van der Waals surface area contributed by atoms with E-state index in [1.165, 1.54) is 0 Å². The summed E-state index contributed by atoms with van der Waals surface area (Å²) < 4.78 is 5.72. The molecule has 5 rings (SSSR count). The Morgan fingerprint density at radius 1 is 0.947 bits per heavy atom. The average Bonchev–Trinajstić information content (AvgIpc) is 2.88. The lowest BCUT2D eigenvalue weighted by molar-refractivity contribution is -0.118. The topological polar surface area (TPSA) is 75.7 Å². The largest absolute Gasteiger partial charge is 0.481 e. The Bertz CT molecular complexity index is 1310. The standard InChI is InChI=1S/C30H30Cl2N2O4/c1-3-34-22-6-4-8-24(35)28(22)27(29-23(34)7-5-9-25(29)36)18-14-20(31)30(21(32)15-18)38-16-26(37)33-19-12-10-17(2)11-13-19/h10-15,27H,3-9,16H2,1-2H3,(H,33,37). The van der Waals surface area contributed by atoms with Crippen LogP contribution in [0, 0.1) is 6.92 Å². The van der Waals surface area contributed by atoms with E-state index >= 15 is 0 Å². The molecule has 1 N–H and O–H groups in total.